The zero-order chi connectivity index (χ0) is 33.8. The Morgan fingerprint density at radius 1 is 0.750 bits per heavy atom. The van der Waals surface area contributed by atoms with Gasteiger partial charge in [-0.3, -0.25) is 0 Å². The van der Waals surface area contributed by atoms with Crippen LogP contribution in [0.25, 0.3) is 11.6 Å². The van der Waals surface area contributed by atoms with Gasteiger partial charge in [0.25, 0.3) is 0 Å². The van der Waals surface area contributed by atoms with E-state index in [1.807, 2.05) is 38.3 Å². The number of aromatic nitrogens is 6. The second kappa shape index (κ2) is 16.1. The first kappa shape index (κ1) is 37.0. The van der Waals surface area contributed by atoms with Crippen molar-refractivity contribution in [3.63, 3.8) is 0 Å². The van der Waals surface area contributed by atoms with Crippen molar-refractivity contribution in [1.82, 2.24) is 29.1 Å². The van der Waals surface area contributed by atoms with Crippen LogP contribution in [0.2, 0.25) is 0 Å². The van der Waals surface area contributed by atoms with Crippen LogP contribution < -0.4 is 9.64 Å². The normalized spacial score (nSPS) is 12.7. The van der Waals surface area contributed by atoms with Crippen molar-refractivity contribution in [2.24, 2.45) is 0 Å². The second-order valence-corrected chi connectivity index (χ2v) is 12.7. The number of rotatable bonds is 13. The van der Waals surface area contributed by atoms with Gasteiger partial charge in [-0.15, -0.1) is 17.7 Å². The molecule has 9 nitrogen and oxygen atoms in total. The maximum absolute atomic E-state index is 10.4. The minimum atomic E-state index is -0.126. The molecular weight excluding hydrogens is 782 g/mol. The first-order valence-corrected chi connectivity index (χ1v) is 16.6. The van der Waals surface area contributed by atoms with E-state index in [0.717, 1.165) is 46.5 Å². The zero-order valence-electron chi connectivity index (χ0n) is 29.4. The van der Waals surface area contributed by atoms with E-state index in [9.17, 15) is 5.11 Å². The Morgan fingerprint density at radius 3 is 1.75 bits per heavy atom. The molecule has 0 fully saturated rings. The van der Waals surface area contributed by atoms with Crippen LogP contribution in [0.5, 0.6) is 5.88 Å². The summed E-state index contributed by atoms with van der Waals surface area (Å²) in [6, 6.07) is 14.0. The van der Waals surface area contributed by atoms with Gasteiger partial charge in [0.2, 0.25) is 11.9 Å². The van der Waals surface area contributed by atoms with Gasteiger partial charge in [0.05, 0.1) is 30.3 Å². The Kier molecular flexibility index (Phi) is 12.4. The number of nitrogens with zero attached hydrogens (tertiary/aromatic N) is 7. The summed E-state index contributed by atoms with van der Waals surface area (Å²) < 4.78 is 9.56. The van der Waals surface area contributed by atoms with Crippen LogP contribution in [0.3, 0.4) is 0 Å². The molecule has 10 heteroatoms. The van der Waals surface area contributed by atoms with Crippen LogP contribution in [0.1, 0.15) is 120 Å². The van der Waals surface area contributed by atoms with Crippen molar-refractivity contribution >= 4 is 17.6 Å². The summed E-state index contributed by atoms with van der Waals surface area (Å²) in [6.45, 7) is 17.3. The minimum Gasteiger partial charge on any atom is -0.532 e. The Hall–Kier alpha value is -3.81. The predicted octanol–water partition coefficient (Wildman–Crippen LogP) is 8.69. The number of hydrogen-bond acceptors (Lipinski definition) is 7. The fourth-order valence-electron chi connectivity index (χ4n) is 5.98. The molecule has 0 bridgehead atoms. The summed E-state index contributed by atoms with van der Waals surface area (Å²) in [5.41, 5.74) is 6.12. The largest absolute Gasteiger partial charge is 2.00 e. The van der Waals surface area contributed by atoms with Gasteiger partial charge >= 0.3 is 21.1 Å². The van der Waals surface area contributed by atoms with Gasteiger partial charge in [0, 0.05) is 19.0 Å². The quantitative estimate of drug-likeness (QED) is 0.119. The van der Waals surface area contributed by atoms with E-state index in [1.54, 1.807) is 19.5 Å². The standard InChI is InChI=1S/C38H47N7O2.Pt/c1-10-26(7)30-17-21-43(32(30)23-46)33-15-19-39-37(41-33)45(35-28(24(3)4)13-12-14-29(35)25(5)6)38-40-20-16-34(42-38)44-22-18-31(27(8)11-2)36(44)47-9;/h12-20,24-27,46H,10-11,23H2,1-9H3;/q-2;+2. The Bertz CT molecular complexity index is 1690. The van der Waals surface area contributed by atoms with Crippen molar-refractivity contribution in [3.05, 3.63) is 95.2 Å². The Labute approximate surface area is 299 Å². The predicted molar refractivity (Wildman–Crippen MR) is 187 cm³/mol. The van der Waals surface area contributed by atoms with Crippen molar-refractivity contribution in [1.29, 1.82) is 0 Å². The van der Waals surface area contributed by atoms with E-state index in [-0.39, 0.29) is 45.4 Å². The average molecular weight is 829 g/mol. The molecule has 5 rings (SSSR count). The number of ether oxygens (including phenoxy) is 1. The smallest absolute Gasteiger partial charge is 0.532 e. The monoisotopic (exact) mass is 828 g/mol. The molecule has 2 atom stereocenters. The third-order valence-electron chi connectivity index (χ3n) is 9.06. The first-order valence-electron chi connectivity index (χ1n) is 16.6. The molecule has 0 saturated heterocycles. The van der Waals surface area contributed by atoms with Gasteiger partial charge in [-0.1, -0.05) is 122 Å². The number of aliphatic hydroxyl groups is 1. The fourth-order valence-corrected chi connectivity index (χ4v) is 5.98. The number of para-hydroxylation sites is 1. The average Bonchev–Trinajstić information content (AvgIpc) is 3.72. The first-order chi connectivity index (χ1) is 22.6. The molecule has 0 amide bonds. The molecule has 0 radical (unpaired) electrons. The van der Waals surface area contributed by atoms with Gasteiger partial charge in [0.1, 0.15) is 0 Å². The van der Waals surface area contributed by atoms with Gasteiger partial charge in [-0.25, -0.2) is 24.8 Å². The molecule has 4 heterocycles. The van der Waals surface area contributed by atoms with Crippen LogP contribution >= 0.6 is 0 Å². The van der Waals surface area contributed by atoms with Crippen LogP contribution in [-0.2, 0) is 27.7 Å². The number of hydrogen-bond donors (Lipinski definition) is 1. The van der Waals surface area contributed by atoms with E-state index in [1.165, 1.54) is 0 Å². The summed E-state index contributed by atoms with van der Waals surface area (Å²) >= 11 is 0. The molecule has 4 aromatic heterocycles. The minimum absolute atomic E-state index is 0. The summed E-state index contributed by atoms with van der Waals surface area (Å²) in [4.78, 5) is 21.8. The summed E-state index contributed by atoms with van der Waals surface area (Å²) in [7, 11) is 1.68. The van der Waals surface area contributed by atoms with Crippen molar-refractivity contribution < 1.29 is 30.9 Å². The Balaban J connectivity index is 0.00000520. The molecule has 0 aliphatic rings. The molecule has 2 unspecified atom stereocenters. The van der Waals surface area contributed by atoms with Crippen molar-refractivity contribution in [2.75, 3.05) is 12.0 Å². The van der Waals surface area contributed by atoms with E-state index in [0.29, 0.717) is 35.3 Å². The van der Waals surface area contributed by atoms with Crippen molar-refractivity contribution in [2.45, 2.75) is 98.5 Å². The van der Waals surface area contributed by atoms with Gasteiger partial charge in [0.15, 0.2) is 0 Å². The van der Waals surface area contributed by atoms with E-state index < -0.39 is 0 Å². The number of methoxy groups -OCH3 is 1. The maximum atomic E-state index is 10.4. The van der Waals surface area contributed by atoms with Crippen LogP contribution in [0.4, 0.5) is 17.6 Å². The third kappa shape index (κ3) is 7.13. The molecule has 0 aliphatic heterocycles. The van der Waals surface area contributed by atoms with Crippen LogP contribution in [0, 0.1) is 12.4 Å². The molecule has 48 heavy (non-hydrogen) atoms. The van der Waals surface area contributed by atoms with E-state index in [2.05, 4.69) is 86.0 Å². The molecule has 1 aromatic carbocycles. The number of benzene rings is 1. The van der Waals surface area contributed by atoms with Crippen LogP contribution in [-0.4, -0.2) is 41.3 Å². The summed E-state index contributed by atoms with van der Waals surface area (Å²) in [5, 5.41) is 10.4. The topological polar surface area (TPSA) is 94.1 Å². The molecule has 0 aliphatic carbocycles. The number of aliphatic hydroxyl groups excluding tert-OH is 1. The van der Waals surface area contributed by atoms with Gasteiger partial charge in [-0.05, 0) is 35.1 Å². The van der Waals surface area contributed by atoms with Gasteiger partial charge < -0.3 is 19.0 Å². The molecule has 5 aromatic rings. The molecular formula is C38H47N7O2Pt. The molecule has 1 N–H and O–H groups in total. The van der Waals surface area contributed by atoms with E-state index >= 15 is 0 Å². The SMILES string of the molecule is CCC(C)c1c[c-]n(-c2ccnc(N(c3nccc(-n4[c-]cc(C(C)CC)c4OC)n3)c3c(C(C)C)cccc3C(C)C)n2)c1CO.[Pt+2]. The fraction of sp³-hybridized carbons (Fsp3) is 0.421. The molecule has 256 valence electrons. The van der Waals surface area contributed by atoms with Crippen molar-refractivity contribution in [3.8, 4) is 17.5 Å². The zero-order valence-corrected chi connectivity index (χ0v) is 31.7. The summed E-state index contributed by atoms with van der Waals surface area (Å²) in [5.74, 6) is 3.73. The van der Waals surface area contributed by atoms with Crippen LogP contribution in [0.15, 0.2) is 54.9 Å². The number of anilines is 3. The Morgan fingerprint density at radius 2 is 1.25 bits per heavy atom. The van der Waals surface area contributed by atoms with Gasteiger partial charge in [-0.2, -0.15) is 0 Å². The second-order valence-electron chi connectivity index (χ2n) is 12.7. The third-order valence-corrected chi connectivity index (χ3v) is 9.06. The maximum Gasteiger partial charge on any atom is 2.00 e. The molecule has 0 spiro atoms. The summed E-state index contributed by atoms with van der Waals surface area (Å²) in [6.07, 6.45) is 12.1. The van der Waals surface area contributed by atoms with E-state index in [4.69, 9.17) is 24.7 Å². The molecule has 0 saturated carbocycles.